The third kappa shape index (κ3) is 4.16. The number of anilines is 3. The van der Waals surface area contributed by atoms with Crippen LogP contribution in [-0.2, 0) is 0 Å². The van der Waals surface area contributed by atoms with E-state index >= 15 is 0 Å². The second-order valence-corrected chi connectivity index (χ2v) is 13.6. The zero-order valence-corrected chi connectivity index (χ0v) is 26.9. The zero-order valence-electron chi connectivity index (χ0n) is 26.1. The summed E-state index contributed by atoms with van der Waals surface area (Å²) >= 11 is 1.92. The molecule has 48 heavy (non-hydrogen) atoms. The zero-order chi connectivity index (χ0) is 31.6. The second-order valence-electron chi connectivity index (χ2n) is 12.5. The molecule has 224 valence electrons. The first-order valence-electron chi connectivity index (χ1n) is 16.5. The SMILES string of the molecule is c1ccc(-c2cc3c4c(c2)-c2cc(N(c5ccccc5)c5ccccc5)ccc2B4c2c(n(-c4ccccc4)c4ccccc24)S3)cc1. The van der Waals surface area contributed by atoms with Crippen molar-refractivity contribution in [2.75, 3.05) is 4.90 Å². The van der Waals surface area contributed by atoms with Crippen LogP contribution >= 0.6 is 11.8 Å². The first kappa shape index (κ1) is 27.4. The Morgan fingerprint density at radius 2 is 1.10 bits per heavy atom. The fourth-order valence-corrected chi connectivity index (χ4v) is 9.18. The van der Waals surface area contributed by atoms with Crippen LogP contribution in [0, 0.1) is 0 Å². The van der Waals surface area contributed by atoms with Gasteiger partial charge in [-0.05, 0) is 105 Å². The van der Waals surface area contributed by atoms with E-state index in [1.54, 1.807) is 0 Å². The van der Waals surface area contributed by atoms with Gasteiger partial charge in [-0.1, -0.05) is 126 Å². The molecule has 2 nitrogen and oxygen atoms in total. The van der Waals surface area contributed by atoms with Crippen LogP contribution in [0.2, 0.25) is 0 Å². The Morgan fingerprint density at radius 1 is 0.479 bits per heavy atom. The molecule has 0 fully saturated rings. The Bertz CT molecular complexity index is 2430. The highest BCUT2D eigenvalue weighted by molar-refractivity contribution is 8.00. The molecule has 4 heteroatoms. The summed E-state index contributed by atoms with van der Waals surface area (Å²) < 4.78 is 2.48. The third-order valence-electron chi connectivity index (χ3n) is 9.84. The van der Waals surface area contributed by atoms with Gasteiger partial charge in [-0.3, -0.25) is 0 Å². The van der Waals surface area contributed by atoms with Crippen LogP contribution in [0.3, 0.4) is 0 Å². The van der Waals surface area contributed by atoms with Crippen LogP contribution in [0.15, 0.2) is 186 Å². The van der Waals surface area contributed by atoms with E-state index in [0.29, 0.717) is 0 Å². The summed E-state index contributed by atoms with van der Waals surface area (Å²) in [7, 11) is 0. The van der Waals surface area contributed by atoms with Crippen molar-refractivity contribution in [2.45, 2.75) is 9.92 Å². The van der Waals surface area contributed by atoms with E-state index in [1.807, 2.05) is 11.8 Å². The normalized spacial score (nSPS) is 12.5. The fourth-order valence-electron chi connectivity index (χ4n) is 7.81. The average molecular weight is 629 g/mol. The van der Waals surface area contributed by atoms with Gasteiger partial charge in [0, 0.05) is 27.6 Å². The maximum atomic E-state index is 2.48. The molecule has 0 aliphatic carbocycles. The van der Waals surface area contributed by atoms with Gasteiger partial charge in [0.15, 0.2) is 0 Å². The predicted octanol–water partition coefficient (Wildman–Crippen LogP) is 9.73. The van der Waals surface area contributed by atoms with Crippen molar-refractivity contribution in [3.05, 3.63) is 176 Å². The van der Waals surface area contributed by atoms with Gasteiger partial charge >= 0.3 is 0 Å². The summed E-state index contributed by atoms with van der Waals surface area (Å²) in [4.78, 5) is 3.71. The van der Waals surface area contributed by atoms with Crippen LogP contribution in [0.4, 0.5) is 17.1 Å². The topological polar surface area (TPSA) is 8.17 Å². The summed E-state index contributed by atoms with van der Waals surface area (Å²) in [6.07, 6.45) is 0. The Balaban J connectivity index is 1.25. The van der Waals surface area contributed by atoms with Crippen molar-refractivity contribution < 1.29 is 0 Å². The Kier molecular flexibility index (Phi) is 6.25. The van der Waals surface area contributed by atoms with Gasteiger partial charge in [0.05, 0.1) is 10.5 Å². The lowest BCUT2D eigenvalue weighted by atomic mass is 9.38. The van der Waals surface area contributed by atoms with E-state index in [2.05, 4.69) is 185 Å². The third-order valence-corrected chi connectivity index (χ3v) is 11.0. The van der Waals surface area contributed by atoms with E-state index in [9.17, 15) is 0 Å². The minimum Gasteiger partial charge on any atom is -0.310 e. The molecule has 0 saturated carbocycles. The highest BCUT2D eigenvalue weighted by Crippen LogP contribution is 2.44. The van der Waals surface area contributed by atoms with Crippen LogP contribution in [0.1, 0.15) is 0 Å². The van der Waals surface area contributed by atoms with Gasteiger partial charge in [-0.15, -0.1) is 0 Å². The highest BCUT2D eigenvalue weighted by Gasteiger charge is 2.43. The predicted molar refractivity (Wildman–Crippen MR) is 204 cm³/mol. The molecule has 1 aromatic heterocycles. The number of fused-ring (bicyclic) bond motifs is 7. The number of hydrogen-bond donors (Lipinski definition) is 0. The van der Waals surface area contributed by atoms with Crippen molar-refractivity contribution in [2.24, 2.45) is 0 Å². The molecule has 0 N–H and O–H groups in total. The van der Waals surface area contributed by atoms with Crippen molar-refractivity contribution in [1.29, 1.82) is 0 Å². The molecule has 7 aromatic carbocycles. The number of nitrogens with zero attached hydrogens (tertiary/aromatic N) is 2. The number of hydrogen-bond acceptors (Lipinski definition) is 2. The van der Waals surface area contributed by atoms with Crippen molar-refractivity contribution in [3.63, 3.8) is 0 Å². The molecule has 8 aromatic rings. The molecule has 2 aliphatic heterocycles. The largest absolute Gasteiger partial charge is 0.310 e. The first-order chi connectivity index (χ1) is 23.8. The number of benzene rings is 7. The fraction of sp³-hybridized carbons (Fsp3) is 0. The molecule has 2 aliphatic rings. The standard InChI is InChI=1S/C44H29BN2S/c1-5-15-30(16-6-1)31-27-38-37-29-35(46(32-17-7-2-8-18-32)33-19-9-3-10-20-33)25-26-39(37)45-42(38)41(28-31)48-44-43(45)36-23-13-14-24-40(36)47(44)34-21-11-4-12-22-34/h1-29H. The van der Waals surface area contributed by atoms with E-state index in [1.165, 1.54) is 65.2 Å². The van der Waals surface area contributed by atoms with Gasteiger partial charge in [-0.2, -0.15) is 0 Å². The summed E-state index contributed by atoms with van der Waals surface area (Å²) in [5, 5.41) is 2.63. The molecule has 0 radical (unpaired) electrons. The molecule has 3 heterocycles. The Morgan fingerprint density at radius 3 is 1.81 bits per heavy atom. The molecular weight excluding hydrogens is 599 g/mol. The molecule has 0 unspecified atom stereocenters. The summed E-state index contributed by atoms with van der Waals surface area (Å²) in [6, 6.07) is 64.0. The molecule has 0 bridgehead atoms. The molecule has 0 amide bonds. The minimum absolute atomic E-state index is 0.150. The van der Waals surface area contributed by atoms with E-state index in [0.717, 1.165) is 17.1 Å². The maximum absolute atomic E-state index is 2.48. The monoisotopic (exact) mass is 628 g/mol. The van der Waals surface area contributed by atoms with Crippen LogP contribution in [0.25, 0.3) is 38.8 Å². The van der Waals surface area contributed by atoms with Gasteiger partial charge in [0.2, 0.25) is 6.71 Å². The average Bonchev–Trinajstić information content (AvgIpc) is 3.66. The van der Waals surface area contributed by atoms with Gasteiger partial charge in [-0.25, -0.2) is 0 Å². The van der Waals surface area contributed by atoms with E-state index < -0.39 is 0 Å². The lowest BCUT2D eigenvalue weighted by Gasteiger charge is -2.26. The smallest absolute Gasteiger partial charge is 0.248 e. The maximum Gasteiger partial charge on any atom is 0.248 e. The minimum atomic E-state index is 0.150. The van der Waals surface area contributed by atoms with Gasteiger partial charge < -0.3 is 9.47 Å². The lowest BCUT2D eigenvalue weighted by Crippen LogP contribution is -2.52. The lowest BCUT2D eigenvalue weighted by molar-refractivity contribution is 1.000. The van der Waals surface area contributed by atoms with Crippen molar-refractivity contribution in [1.82, 2.24) is 4.57 Å². The molecule has 0 saturated heterocycles. The van der Waals surface area contributed by atoms with Crippen LogP contribution in [-0.4, -0.2) is 11.3 Å². The van der Waals surface area contributed by atoms with Crippen LogP contribution < -0.4 is 21.3 Å². The Hall–Kier alpha value is -5.71. The molecule has 0 atom stereocenters. The molecule has 0 spiro atoms. The first-order valence-corrected chi connectivity index (χ1v) is 17.3. The van der Waals surface area contributed by atoms with Crippen molar-refractivity contribution >= 4 is 62.8 Å². The Labute approximate surface area is 285 Å². The number of para-hydroxylation sites is 4. The second kappa shape index (κ2) is 10.9. The molecular formula is C44H29BN2S. The van der Waals surface area contributed by atoms with E-state index in [4.69, 9.17) is 0 Å². The highest BCUT2D eigenvalue weighted by atomic mass is 32.2. The summed E-state index contributed by atoms with van der Waals surface area (Å²) in [5.41, 5.74) is 15.3. The van der Waals surface area contributed by atoms with Crippen LogP contribution in [0.5, 0.6) is 0 Å². The summed E-state index contributed by atoms with van der Waals surface area (Å²) in [5.74, 6) is 0. The van der Waals surface area contributed by atoms with Crippen molar-refractivity contribution in [3.8, 4) is 27.9 Å². The summed E-state index contributed by atoms with van der Waals surface area (Å²) in [6.45, 7) is 0.150. The molecule has 10 rings (SSSR count). The van der Waals surface area contributed by atoms with Gasteiger partial charge in [0.25, 0.3) is 0 Å². The van der Waals surface area contributed by atoms with Gasteiger partial charge in [0.1, 0.15) is 0 Å². The quantitative estimate of drug-likeness (QED) is 0.175. The number of aromatic nitrogens is 1. The number of rotatable bonds is 5. The van der Waals surface area contributed by atoms with E-state index in [-0.39, 0.29) is 6.71 Å².